The molecule has 1 aromatic heterocycles. The van der Waals surface area contributed by atoms with Gasteiger partial charge < -0.3 is 5.11 Å². The number of hydrogen-bond acceptors (Lipinski definition) is 3. The zero-order chi connectivity index (χ0) is 11.0. The average Bonchev–Trinajstić information content (AvgIpc) is 2.97. The minimum Gasteiger partial charge on any atom is -0.386 e. The van der Waals surface area contributed by atoms with E-state index >= 15 is 0 Å². The normalized spacial score (nSPS) is 19.3. The van der Waals surface area contributed by atoms with Gasteiger partial charge in [0, 0.05) is 0 Å². The van der Waals surface area contributed by atoms with Crippen LogP contribution >= 0.6 is 11.3 Å². The van der Waals surface area contributed by atoms with Gasteiger partial charge in [0.15, 0.2) is 0 Å². The Balaban J connectivity index is 1.92. The van der Waals surface area contributed by atoms with E-state index in [9.17, 15) is 5.11 Å². The van der Waals surface area contributed by atoms with E-state index in [2.05, 4.69) is 11.1 Å². The molecule has 1 aromatic carbocycles. The molecule has 1 saturated carbocycles. The summed E-state index contributed by atoms with van der Waals surface area (Å²) in [6, 6.07) is 8.09. The lowest BCUT2D eigenvalue weighted by atomic mass is 10.0. The standard InChI is InChI=1S/C13H15NOS/c15-12(9-5-1-2-6-9)13-14-10-7-3-4-8-11(10)16-13/h3-4,7-9,12,15H,1-2,5-6H2. The number of hydrogen-bond donors (Lipinski definition) is 1. The predicted octanol–water partition coefficient (Wildman–Crippen LogP) is 3.52. The van der Waals surface area contributed by atoms with E-state index in [-0.39, 0.29) is 6.10 Å². The van der Waals surface area contributed by atoms with Gasteiger partial charge >= 0.3 is 0 Å². The first-order valence-electron chi connectivity index (χ1n) is 5.88. The Morgan fingerprint density at radius 2 is 2.00 bits per heavy atom. The molecule has 2 aromatic rings. The number of aliphatic hydroxyl groups is 1. The molecule has 2 nitrogen and oxygen atoms in total. The van der Waals surface area contributed by atoms with E-state index in [4.69, 9.17) is 0 Å². The summed E-state index contributed by atoms with van der Waals surface area (Å²) in [5, 5.41) is 11.2. The molecule has 84 valence electrons. The highest BCUT2D eigenvalue weighted by atomic mass is 32.1. The smallest absolute Gasteiger partial charge is 0.123 e. The molecule has 1 aliphatic carbocycles. The van der Waals surface area contributed by atoms with Crippen LogP contribution in [0.1, 0.15) is 36.8 Å². The molecule has 1 N–H and O–H groups in total. The fraction of sp³-hybridized carbons (Fsp3) is 0.462. The molecule has 3 rings (SSSR count). The highest BCUT2D eigenvalue weighted by Crippen LogP contribution is 2.38. The topological polar surface area (TPSA) is 33.1 Å². The molecule has 0 bridgehead atoms. The van der Waals surface area contributed by atoms with Crippen molar-refractivity contribution in [1.82, 2.24) is 4.98 Å². The quantitative estimate of drug-likeness (QED) is 0.861. The van der Waals surface area contributed by atoms with Crippen molar-refractivity contribution in [2.45, 2.75) is 31.8 Å². The summed E-state index contributed by atoms with van der Waals surface area (Å²) in [5.41, 5.74) is 1.01. The maximum Gasteiger partial charge on any atom is 0.123 e. The lowest BCUT2D eigenvalue weighted by Gasteiger charge is -2.14. The Kier molecular flexibility index (Phi) is 2.65. The van der Waals surface area contributed by atoms with Crippen LogP contribution in [0.5, 0.6) is 0 Å². The molecule has 0 amide bonds. The Morgan fingerprint density at radius 3 is 2.75 bits per heavy atom. The Morgan fingerprint density at radius 1 is 1.25 bits per heavy atom. The predicted molar refractivity (Wildman–Crippen MR) is 66.5 cm³/mol. The van der Waals surface area contributed by atoms with E-state index in [0.717, 1.165) is 23.4 Å². The van der Waals surface area contributed by atoms with Gasteiger partial charge in [-0.25, -0.2) is 4.98 Å². The third-order valence-corrected chi connectivity index (χ3v) is 4.52. The fourth-order valence-corrected chi connectivity index (χ4v) is 3.54. The van der Waals surface area contributed by atoms with Gasteiger partial charge in [0.2, 0.25) is 0 Å². The van der Waals surface area contributed by atoms with Gasteiger partial charge in [-0.1, -0.05) is 25.0 Å². The minimum atomic E-state index is -0.347. The van der Waals surface area contributed by atoms with Crippen LogP contribution in [0.15, 0.2) is 24.3 Å². The molecule has 0 radical (unpaired) electrons. The van der Waals surface area contributed by atoms with Gasteiger partial charge in [-0.2, -0.15) is 0 Å². The maximum absolute atomic E-state index is 10.3. The van der Waals surface area contributed by atoms with Crippen LogP contribution < -0.4 is 0 Å². The molecule has 1 aliphatic rings. The summed E-state index contributed by atoms with van der Waals surface area (Å²) in [6.07, 6.45) is 4.47. The first-order chi connectivity index (χ1) is 7.84. The van der Waals surface area contributed by atoms with Gasteiger partial charge in [0.05, 0.1) is 10.2 Å². The molecule has 1 unspecified atom stereocenters. The van der Waals surface area contributed by atoms with Crippen LogP contribution in [0.4, 0.5) is 0 Å². The third-order valence-electron chi connectivity index (χ3n) is 3.41. The van der Waals surface area contributed by atoms with Crippen LogP contribution in [0, 0.1) is 5.92 Å². The van der Waals surface area contributed by atoms with Crippen molar-refractivity contribution in [2.75, 3.05) is 0 Å². The molecule has 1 fully saturated rings. The van der Waals surface area contributed by atoms with E-state index < -0.39 is 0 Å². The highest BCUT2D eigenvalue weighted by Gasteiger charge is 2.26. The molecule has 1 atom stereocenters. The van der Waals surface area contributed by atoms with E-state index in [1.54, 1.807) is 11.3 Å². The van der Waals surface area contributed by atoms with E-state index in [1.165, 1.54) is 17.5 Å². The third kappa shape index (κ3) is 1.74. The lowest BCUT2D eigenvalue weighted by molar-refractivity contribution is 0.111. The molecule has 0 aliphatic heterocycles. The molecule has 16 heavy (non-hydrogen) atoms. The second-order valence-corrected chi connectivity index (χ2v) is 5.57. The Labute approximate surface area is 99.0 Å². The average molecular weight is 233 g/mol. The molecular formula is C13H15NOS. The monoisotopic (exact) mass is 233 g/mol. The van der Waals surface area contributed by atoms with Crippen LogP contribution in [0.2, 0.25) is 0 Å². The first-order valence-corrected chi connectivity index (χ1v) is 6.70. The summed E-state index contributed by atoms with van der Waals surface area (Å²) in [5.74, 6) is 0.431. The number of fused-ring (bicyclic) bond motifs is 1. The van der Waals surface area contributed by atoms with Gasteiger partial charge in [-0.3, -0.25) is 0 Å². The SMILES string of the molecule is OC(c1nc2ccccc2s1)C1CCCC1. The number of rotatable bonds is 2. The summed E-state index contributed by atoms with van der Waals surface area (Å²) < 4.78 is 1.18. The number of thiazole rings is 1. The maximum atomic E-state index is 10.3. The van der Waals surface area contributed by atoms with Crippen LogP contribution in [-0.2, 0) is 0 Å². The van der Waals surface area contributed by atoms with Crippen molar-refractivity contribution in [1.29, 1.82) is 0 Å². The van der Waals surface area contributed by atoms with E-state index in [1.807, 2.05) is 18.2 Å². The van der Waals surface area contributed by atoms with Crippen molar-refractivity contribution in [3.8, 4) is 0 Å². The highest BCUT2D eigenvalue weighted by molar-refractivity contribution is 7.18. The van der Waals surface area contributed by atoms with Crippen LogP contribution in [-0.4, -0.2) is 10.1 Å². The van der Waals surface area contributed by atoms with E-state index in [0.29, 0.717) is 5.92 Å². The lowest BCUT2D eigenvalue weighted by Crippen LogP contribution is -2.08. The van der Waals surface area contributed by atoms with Crippen LogP contribution in [0.25, 0.3) is 10.2 Å². The number of para-hydroxylation sites is 1. The van der Waals surface area contributed by atoms with Gasteiger partial charge in [-0.05, 0) is 30.9 Å². The Hall–Kier alpha value is -0.930. The summed E-state index contributed by atoms with van der Waals surface area (Å²) in [6.45, 7) is 0. The van der Waals surface area contributed by atoms with Crippen molar-refractivity contribution in [3.05, 3.63) is 29.3 Å². The number of nitrogens with zero attached hydrogens (tertiary/aromatic N) is 1. The van der Waals surface area contributed by atoms with Crippen molar-refractivity contribution in [2.24, 2.45) is 5.92 Å². The molecule has 3 heteroatoms. The van der Waals surface area contributed by atoms with Crippen LogP contribution in [0.3, 0.4) is 0 Å². The van der Waals surface area contributed by atoms with Gasteiger partial charge in [-0.15, -0.1) is 11.3 Å². The Bertz CT molecular complexity index is 454. The van der Waals surface area contributed by atoms with Gasteiger partial charge in [0.25, 0.3) is 0 Å². The zero-order valence-electron chi connectivity index (χ0n) is 9.10. The fourth-order valence-electron chi connectivity index (χ4n) is 2.49. The van der Waals surface area contributed by atoms with Gasteiger partial charge in [0.1, 0.15) is 11.1 Å². The second-order valence-electron chi connectivity index (χ2n) is 4.51. The minimum absolute atomic E-state index is 0.347. The number of aromatic nitrogens is 1. The van der Waals surface area contributed by atoms with Crippen molar-refractivity contribution in [3.63, 3.8) is 0 Å². The molecule has 0 saturated heterocycles. The summed E-state index contributed by atoms with van der Waals surface area (Å²) in [4.78, 5) is 4.53. The molecular weight excluding hydrogens is 218 g/mol. The summed E-state index contributed by atoms with van der Waals surface area (Å²) in [7, 11) is 0. The second kappa shape index (κ2) is 4.15. The number of benzene rings is 1. The summed E-state index contributed by atoms with van der Waals surface area (Å²) >= 11 is 1.63. The zero-order valence-corrected chi connectivity index (χ0v) is 9.91. The molecule has 0 spiro atoms. The number of aliphatic hydroxyl groups excluding tert-OH is 1. The van der Waals surface area contributed by atoms with Crippen molar-refractivity contribution >= 4 is 21.6 Å². The van der Waals surface area contributed by atoms with Crippen molar-refractivity contribution < 1.29 is 5.11 Å². The molecule has 1 heterocycles. The first kappa shape index (κ1) is 10.2. The largest absolute Gasteiger partial charge is 0.386 e.